The fourth-order valence-corrected chi connectivity index (χ4v) is 4.22. The summed E-state index contributed by atoms with van der Waals surface area (Å²) in [5.41, 5.74) is 1.08. The number of carbonyl (C=O) groups excluding carboxylic acids is 1. The van der Waals surface area contributed by atoms with Crippen molar-refractivity contribution in [3.05, 3.63) is 66.8 Å². The third-order valence-corrected chi connectivity index (χ3v) is 5.67. The number of hydrogen-bond donors (Lipinski definition) is 1. The zero-order valence-corrected chi connectivity index (χ0v) is 13.1. The van der Waals surface area contributed by atoms with Gasteiger partial charge in [-0.1, -0.05) is 0 Å². The first kappa shape index (κ1) is 14.7. The van der Waals surface area contributed by atoms with Crippen LogP contribution in [-0.4, -0.2) is 16.9 Å². The van der Waals surface area contributed by atoms with Gasteiger partial charge in [-0.2, -0.15) is 0 Å². The van der Waals surface area contributed by atoms with E-state index in [2.05, 4.69) is 0 Å². The molecule has 3 nitrogen and oxygen atoms in total. The van der Waals surface area contributed by atoms with Crippen LogP contribution in [0.5, 0.6) is 0 Å². The summed E-state index contributed by atoms with van der Waals surface area (Å²) in [6.07, 6.45) is 0.496. The second kappa shape index (κ2) is 6.65. The molecule has 0 atom stereocenters. The first-order chi connectivity index (χ1) is 9.61. The van der Waals surface area contributed by atoms with Gasteiger partial charge >= 0.3 is 128 Å². The molecule has 104 valence electrons. The Bertz CT molecular complexity index is 632. The molecule has 0 bridgehead atoms. The minimum absolute atomic E-state index is 0.126. The third-order valence-electron chi connectivity index (χ3n) is 2.80. The number of carbonyl (C=O) groups is 2. The van der Waals surface area contributed by atoms with Crippen molar-refractivity contribution in [3.8, 4) is 0 Å². The van der Waals surface area contributed by atoms with Crippen LogP contribution < -0.4 is 21.2 Å². The van der Waals surface area contributed by atoms with Crippen LogP contribution in [-0.2, 0) is 0 Å². The zero-order valence-electron chi connectivity index (χ0n) is 11.0. The standard InChI is InChI=1S/C16H14IO3/c1-2-15(18)11-7-9-12(10-8-11)17-14-6-4-3-5-13(14)16(19)20/h3-10H,2H2,1H3,(H,19,20)/q-1. The van der Waals surface area contributed by atoms with E-state index in [-0.39, 0.29) is 5.78 Å². The van der Waals surface area contributed by atoms with E-state index in [0.717, 1.165) is 7.14 Å². The first-order valence-corrected chi connectivity index (χ1v) is 8.38. The molecule has 2 aromatic carbocycles. The fraction of sp³-hybridized carbons (Fsp3) is 0.125. The quantitative estimate of drug-likeness (QED) is 0.591. The summed E-state index contributed by atoms with van der Waals surface area (Å²) in [7, 11) is 0. The maximum atomic E-state index is 11.6. The van der Waals surface area contributed by atoms with Crippen molar-refractivity contribution in [2.24, 2.45) is 0 Å². The van der Waals surface area contributed by atoms with Crippen LogP contribution in [0.25, 0.3) is 0 Å². The van der Waals surface area contributed by atoms with Gasteiger partial charge in [-0.25, -0.2) is 0 Å². The monoisotopic (exact) mass is 381 g/mol. The van der Waals surface area contributed by atoms with E-state index in [4.69, 9.17) is 5.11 Å². The van der Waals surface area contributed by atoms with Gasteiger partial charge < -0.3 is 0 Å². The van der Waals surface area contributed by atoms with Crippen LogP contribution in [0.1, 0.15) is 34.1 Å². The molecule has 0 aliphatic heterocycles. The summed E-state index contributed by atoms with van der Waals surface area (Å²) < 4.78 is 1.98. The molecule has 0 aliphatic rings. The molecule has 1 N–H and O–H groups in total. The number of Topliss-reactive ketones (excluding diaryl/α,β-unsaturated/α-hetero) is 1. The van der Waals surface area contributed by atoms with E-state index in [1.54, 1.807) is 12.1 Å². The number of benzene rings is 2. The number of carboxylic acid groups (broad SMARTS) is 1. The molecule has 0 saturated carbocycles. The normalized spacial score (nSPS) is 10.4. The summed E-state index contributed by atoms with van der Waals surface area (Å²) >= 11 is -0.556. The SMILES string of the molecule is CCC(=O)c1ccc([I-]c2ccccc2C(=O)O)cc1. The third kappa shape index (κ3) is 3.45. The molecular formula is C16H14IO3-. The van der Waals surface area contributed by atoms with Crippen LogP contribution in [0.15, 0.2) is 48.5 Å². The van der Waals surface area contributed by atoms with Crippen LogP contribution in [0.4, 0.5) is 0 Å². The number of aromatic carboxylic acids is 1. The Morgan fingerprint density at radius 1 is 1.05 bits per heavy atom. The summed E-state index contributed by atoms with van der Waals surface area (Å²) in [6.45, 7) is 1.84. The molecule has 0 radical (unpaired) electrons. The average molecular weight is 381 g/mol. The van der Waals surface area contributed by atoms with E-state index in [9.17, 15) is 9.59 Å². The number of rotatable bonds is 5. The molecule has 0 aromatic heterocycles. The molecular weight excluding hydrogens is 367 g/mol. The van der Waals surface area contributed by atoms with E-state index in [1.807, 2.05) is 43.3 Å². The van der Waals surface area contributed by atoms with Gasteiger partial charge in [-0.3, -0.25) is 0 Å². The molecule has 0 spiro atoms. The van der Waals surface area contributed by atoms with Gasteiger partial charge in [-0.05, 0) is 0 Å². The Morgan fingerprint density at radius 2 is 1.70 bits per heavy atom. The van der Waals surface area contributed by atoms with Gasteiger partial charge in [0.2, 0.25) is 0 Å². The number of hydrogen-bond acceptors (Lipinski definition) is 2. The van der Waals surface area contributed by atoms with E-state index in [1.165, 1.54) is 0 Å². The molecule has 0 saturated heterocycles. The predicted molar refractivity (Wildman–Crippen MR) is 71.9 cm³/mol. The summed E-state index contributed by atoms with van der Waals surface area (Å²) in [5, 5.41) is 9.17. The Kier molecular flexibility index (Phi) is 4.89. The Labute approximate surface area is 127 Å². The van der Waals surface area contributed by atoms with Gasteiger partial charge in [0.1, 0.15) is 0 Å². The van der Waals surface area contributed by atoms with Crippen LogP contribution in [0, 0.1) is 7.14 Å². The van der Waals surface area contributed by atoms with E-state index in [0.29, 0.717) is 17.5 Å². The molecule has 2 rings (SSSR count). The molecule has 0 unspecified atom stereocenters. The van der Waals surface area contributed by atoms with Crippen molar-refractivity contribution < 1.29 is 35.9 Å². The van der Waals surface area contributed by atoms with Gasteiger partial charge in [0.25, 0.3) is 0 Å². The van der Waals surface area contributed by atoms with Crippen molar-refractivity contribution in [3.63, 3.8) is 0 Å². The van der Waals surface area contributed by atoms with Gasteiger partial charge in [0.05, 0.1) is 0 Å². The summed E-state index contributed by atoms with van der Waals surface area (Å²) in [6, 6.07) is 14.6. The van der Waals surface area contributed by atoms with Crippen molar-refractivity contribution in [1.82, 2.24) is 0 Å². The Morgan fingerprint density at radius 3 is 2.30 bits per heavy atom. The molecule has 2 aromatic rings. The molecule has 20 heavy (non-hydrogen) atoms. The van der Waals surface area contributed by atoms with Crippen LogP contribution in [0.3, 0.4) is 0 Å². The molecule has 4 heteroatoms. The van der Waals surface area contributed by atoms with Crippen molar-refractivity contribution in [2.45, 2.75) is 13.3 Å². The van der Waals surface area contributed by atoms with E-state index >= 15 is 0 Å². The molecule has 0 aliphatic carbocycles. The summed E-state index contributed by atoms with van der Waals surface area (Å²) in [5.74, 6) is -0.765. The Hall–Kier alpha value is -1.69. The van der Waals surface area contributed by atoms with Gasteiger partial charge in [-0.15, -0.1) is 0 Å². The number of ketones is 1. The molecule has 0 fully saturated rings. The number of carboxylic acids is 1. The second-order valence-electron chi connectivity index (χ2n) is 4.16. The fourth-order valence-electron chi connectivity index (χ4n) is 1.74. The van der Waals surface area contributed by atoms with Gasteiger partial charge in [0, 0.05) is 0 Å². The first-order valence-electron chi connectivity index (χ1n) is 6.22. The van der Waals surface area contributed by atoms with Crippen molar-refractivity contribution >= 4 is 11.8 Å². The zero-order chi connectivity index (χ0) is 14.5. The van der Waals surface area contributed by atoms with Crippen molar-refractivity contribution in [2.75, 3.05) is 0 Å². The number of halogens is 1. The van der Waals surface area contributed by atoms with E-state index < -0.39 is 27.2 Å². The molecule has 0 amide bonds. The maximum absolute atomic E-state index is 11.6. The van der Waals surface area contributed by atoms with Crippen molar-refractivity contribution in [1.29, 1.82) is 0 Å². The second-order valence-corrected chi connectivity index (χ2v) is 7.11. The van der Waals surface area contributed by atoms with Crippen LogP contribution in [0.2, 0.25) is 0 Å². The predicted octanol–water partition coefficient (Wildman–Crippen LogP) is 0.106. The van der Waals surface area contributed by atoms with Gasteiger partial charge in [0.15, 0.2) is 0 Å². The minimum atomic E-state index is -0.891. The van der Waals surface area contributed by atoms with Crippen LogP contribution >= 0.6 is 0 Å². The Balaban J connectivity index is 2.23. The molecule has 0 heterocycles. The average Bonchev–Trinajstić information content (AvgIpc) is 2.47. The summed E-state index contributed by atoms with van der Waals surface area (Å²) in [4.78, 5) is 22.7. The topological polar surface area (TPSA) is 54.4 Å².